The Morgan fingerprint density at radius 1 is 1.30 bits per heavy atom. The fraction of sp³-hybridized carbons (Fsp3) is 0.357. The second kappa shape index (κ2) is 5.48. The van der Waals surface area contributed by atoms with E-state index in [4.69, 9.17) is 11.6 Å². The molecule has 20 heavy (non-hydrogen) atoms. The van der Waals surface area contributed by atoms with Gasteiger partial charge in [0.05, 0.1) is 29.0 Å². The molecular weight excluding hydrogens is 289 g/mol. The number of halogens is 4. The van der Waals surface area contributed by atoms with Crippen LogP contribution in [-0.4, -0.2) is 9.78 Å². The smallest absolute Gasteiger partial charge is 0.237 e. The van der Waals surface area contributed by atoms with Gasteiger partial charge >= 0.3 is 6.18 Å². The standard InChI is InChI=1S/C14H14ClF3N2/c1-9(2)13-10(7-15)8-19-20(13)12-5-3-4-11(6-12)14(16,17)18/h3-6,8-9H,7H2,1-2H3. The fourth-order valence-electron chi connectivity index (χ4n) is 2.13. The lowest BCUT2D eigenvalue weighted by Gasteiger charge is -2.14. The summed E-state index contributed by atoms with van der Waals surface area (Å²) < 4.78 is 39.8. The van der Waals surface area contributed by atoms with Gasteiger partial charge in [0.25, 0.3) is 0 Å². The van der Waals surface area contributed by atoms with E-state index in [1.165, 1.54) is 10.7 Å². The van der Waals surface area contributed by atoms with E-state index >= 15 is 0 Å². The second-order valence-corrected chi connectivity index (χ2v) is 5.07. The molecule has 0 fully saturated rings. The first-order valence-electron chi connectivity index (χ1n) is 6.15. The van der Waals surface area contributed by atoms with Crippen molar-refractivity contribution in [2.24, 2.45) is 0 Å². The molecule has 0 aliphatic rings. The lowest BCUT2D eigenvalue weighted by atomic mass is 10.1. The van der Waals surface area contributed by atoms with Gasteiger partial charge in [-0.1, -0.05) is 19.9 Å². The van der Waals surface area contributed by atoms with E-state index in [0.29, 0.717) is 5.69 Å². The van der Waals surface area contributed by atoms with Crippen LogP contribution < -0.4 is 0 Å². The molecule has 0 aliphatic heterocycles. The van der Waals surface area contributed by atoms with Gasteiger partial charge in [0.2, 0.25) is 0 Å². The Bertz CT molecular complexity index is 603. The van der Waals surface area contributed by atoms with Crippen LogP contribution in [0.15, 0.2) is 30.5 Å². The van der Waals surface area contributed by atoms with Crippen LogP contribution >= 0.6 is 11.6 Å². The van der Waals surface area contributed by atoms with Crippen molar-refractivity contribution in [1.82, 2.24) is 9.78 Å². The van der Waals surface area contributed by atoms with Crippen molar-refractivity contribution in [2.45, 2.75) is 31.8 Å². The molecule has 0 aliphatic carbocycles. The molecule has 0 unspecified atom stereocenters. The number of aromatic nitrogens is 2. The molecule has 0 N–H and O–H groups in total. The van der Waals surface area contributed by atoms with Gasteiger partial charge in [-0.15, -0.1) is 11.6 Å². The molecular formula is C14H14ClF3N2. The van der Waals surface area contributed by atoms with E-state index in [9.17, 15) is 13.2 Å². The summed E-state index contributed by atoms with van der Waals surface area (Å²) >= 11 is 5.85. The Kier molecular flexibility index (Phi) is 4.09. The molecule has 1 heterocycles. The normalized spacial score (nSPS) is 12.2. The van der Waals surface area contributed by atoms with Crippen molar-refractivity contribution in [3.05, 3.63) is 47.3 Å². The van der Waals surface area contributed by atoms with Crippen LogP contribution in [0.2, 0.25) is 0 Å². The summed E-state index contributed by atoms with van der Waals surface area (Å²) in [7, 11) is 0. The van der Waals surface area contributed by atoms with Crippen molar-refractivity contribution in [2.75, 3.05) is 0 Å². The highest BCUT2D eigenvalue weighted by molar-refractivity contribution is 6.17. The molecule has 0 saturated heterocycles. The third kappa shape index (κ3) is 2.82. The molecule has 2 nitrogen and oxygen atoms in total. The van der Waals surface area contributed by atoms with E-state index in [1.54, 1.807) is 12.3 Å². The first kappa shape index (κ1) is 14.9. The van der Waals surface area contributed by atoms with Gasteiger partial charge in [0.15, 0.2) is 0 Å². The van der Waals surface area contributed by atoms with E-state index in [2.05, 4.69) is 5.10 Å². The third-order valence-electron chi connectivity index (χ3n) is 3.00. The Morgan fingerprint density at radius 2 is 2.00 bits per heavy atom. The van der Waals surface area contributed by atoms with Crippen molar-refractivity contribution in [3.8, 4) is 5.69 Å². The Morgan fingerprint density at radius 3 is 2.55 bits per heavy atom. The highest BCUT2D eigenvalue weighted by atomic mass is 35.5. The highest BCUT2D eigenvalue weighted by Crippen LogP contribution is 2.31. The summed E-state index contributed by atoms with van der Waals surface area (Å²) in [4.78, 5) is 0. The Labute approximate surface area is 120 Å². The number of hydrogen-bond donors (Lipinski definition) is 0. The van der Waals surface area contributed by atoms with Crippen molar-refractivity contribution < 1.29 is 13.2 Å². The molecule has 2 aromatic rings. The van der Waals surface area contributed by atoms with Crippen molar-refractivity contribution in [3.63, 3.8) is 0 Å². The molecule has 0 atom stereocenters. The summed E-state index contributed by atoms with van der Waals surface area (Å²) in [5, 5.41) is 4.17. The summed E-state index contributed by atoms with van der Waals surface area (Å²) in [5.74, 6) is 0.396. The maximum absolute atomic E-state index is 12.8. The van der Waals surface area contributed by atoms with Gasteiger partial charge in [-0.05, 0) is 24.1 Å². The van der Waals surface area contributed by atoms with Crippen LogP contribution in [0.1, 0.15) is 36.6 Å². The SMILES string of the molecule is CC(C)c1c(CCl)cnn1-c1cccc(C(F)(F)F)c1. The van der Waals surface area contributed by atoms with Gasteiger partial charge in [-0.2, -0.15) is 18.3 Å². The average Bonchev–Trinajstić information content (AvgIpc) is 2.81. The largest absolute Gasteiger partial charge is 0.416 e. The average molecular weight is 303 g/mol. The predicted molar refractivity (Wildman–Crippen MR) is 72.2 cm³/mol. The van der Waals surface area contributed by atoms with Crippen LogP contribution in [0.4, 0.5) is 13.2 Å². The molecule has 1 aromatic carbocycles. The minimum absolute atomic E-state index is 0.112. The van der Waals surface area contributed by atoms with Crippen LogP contribution in [0.5, 0.6) is 0 Å². The van der Waals surface area contributed by atoms with Crippen molar-refractivity contribution >= 4 is 11.6 Å². The summed E-state index contributed by atoms with van der Waals surface area (Å²) in [6, 6.07) is 5.12. The Balaban J connectivity index is 2.55. The zero-order valence-electron chi connectivity index (χ0n) is 11.1. The maximum atomic E-state index is 12.8. The quantitative estimate of drug-likeness (QED) is 0.748. The minimum Gasteiger partial charge on any atom is -0.237 e. The second-order valence-electron chi connectivity index (χ2n) is 4.80. The molecule has 0 radical (unpaired) electrons. The Hall–Kier alpha value is -1.49. The first-order valence-corrected chi connectivity index (χ1v) is 6.68. The van der Waals surface area contributed by atoms with Gasteiger partial charge < -0.3 is 0 Å². The van der Waals surface area contributed by atoms with Crippen LogP contribution in [0.25, 0.3) is 5.69 Å². The fourth-order valence-corrected chi connectivity index (χ4v) is 2.34. The molecule has 108 valence electrons. The van der Waals surface area contributed by atoms with Gasteiger partial charge in [0, 0.05) is 5.56 Å². The zero-order valence-corrected chi connectivity index (χ0v) is 11.8. The monoisotopic (exact) mass is 302 g/mol. The highest BCUT2D eigenvalue weighted by Gasteiger charge is 2.30. The molecule has 0 bridgehead atoms. The van der Waals surface area contributed by atoms with E-state index in [0.717, 1.165) is 23.4 Å². The first-order chi connectivity index (χ1) is 9.34. The van der Waals surface area contributed by atoms with E-state index in [1.807, 2.05) is 13.8 Å². The summed E-state index contributed by atoms with van der Waals surface area (Å²) in [6.45, 7) is 3.91. The van der Waals surface area contributed by atoms with Crippen LogP contribution in [0, 0.1) is 0 Å². The minimum atomic E-state index is -4.36. The van der Waals surface area contributed by atoms with Gasteiger partial charge in [-0.3, -0.25) is 0 Å². The molecule has 0 amide bonds. The molecule has 0 saturated carbocycles. The predicted octanol–water partition coefficient (Wildman–Crippen LogP) is 4.75. The molecule has 0 spiro atoms. The van der Waals surface area contributed by atoms with Crippen LogP contribution in [0.3, 0.4) is 0 Å². The lowest BCUT2D eigenvalue weighted by molar-refractivity contribution is -0.137. The van der Waals surface area contributed by atoms with Crippen molar-refractivity contribution in [1.29, 1.82) is 0 Å². The number of rotatable bonds is 3. The molecule has 6 heteroatoms. The number of benzene rings is 1. The maximum Gasteiger partial charge on any atom is 0.416 e. The van der Waals surface area contributed by atoms with Crippen LogP contribution in [-0.2, 0) is 12.1 Å². The molecule has 2 rings (SSSR count). The number of hydrogen-bond acceptors (Lipinski definition) is 1. The van der Waals surface area contributed by atoms with Gasteiger partial charge in [-0.25, -0.2) is 4.68 Å². The zero-order chi connectivity index (χ0) is 14.9. The van der Waals surface area contributed by atoms with E-state index < -0.39 is 11.7 Å². The van der Waals surface area contributed by atoms with Gasteiger partial charge in [0.1, 0.15) is 0 Å². The molecule has 1 aromatic heterocycles. The number of alkyl halides is 4. The topological polar surface area (TPSA) is 17.8 Å². The lowest BCUT2D eigenvalue weighted by Crippen LogP contribution is -2.09. The van der Waals surface area contributed by atoms with E-state index in [-0.39, 0.29) is 11.8 Å². The summed E-state index contributed by atoms with van der Waals surface area (Å²) in [5.41, 5.74) is 1.37. The summed E-state index contributed by atoms with van der Waals surface area (Å²) in [6.07, 6.45) is -2.76. The number of nitrogens with zero attached hydrogens (tertiary/aromatic N) is 2. The third-order valence-corrected chi connectivity index (χ3v) is 3.28.